The van der Waals surface area contributed by atoms with Gasteiger partial charge in [-0.05, 0) is 49.9 Å². The third kappa shape index (κ3) is 2.71. The SMILES string of the molecule is COC(=O)[C@H]1CC12CCN(Cc1ncnn1-c1ccccc1)CC2. The molecular weight excluding hydrogens is 304 g/mol. The lowest BCUT2D eigenvalue weighted by Gasteiger charge is -2.32. The molecular formula is C18H22N4O2. The van der Waals surface area contributed by atoms with E-state index in [1.54, 1.807) is 6.33 Å². The van der Waals surface area contributed by atoms with Gasteiger partial charge in [0.2, 0.25) is 0 Å². The van der Waals surface area contributed by atoms with Gasteiger partial charge in [-0.3, -0.25) is 9.69 Å². The van der Waals surface area contributed by atoms with Crippen LogP contribution in [0.15, 0.2) is 36.7 Å². The molecule has 0 radical (unpaired) electrons. The lowest BCUT2D eigenvalue weighted by atomic mass is 9.91. The fraction of sp³-hybridized carbons (Fsp3) is 0.500. The smallest absolute Gasteiger partial charge is 0.309 e. The number of rotatable bonds is 4. The molecule has 1 aromatic heterocycles. The molecule has 126 valence electrons. The van der Waals surface area contributed by atoms with Crippen molar-refractivity contribution in [1.82, 2.24) is 19.7 Å². The highest BCUT2D eigenvalue weighted by Crippen LogP contribution is 2.59. The number of piperidine rings is 1. The van der Waals surface area contributed by atoms with E-state index in [0.717, 1.165) is 50.4 Å². The van der Waals surface area contributed by atoms with Crippen LogP contribution in [0.4, 0.5) is 0 Å². The Hall–Kier alpha value is -2.21. The van der Waals surface area contributed by atoms with Gasteiger partial charge in [-0.2, -0.15) is 5.10 Å². The van der Waals surface area contributed by atoms with Crippen molar-refractivity contribution in [3.8, 4) is 5.69 Å². The molecule has 1 aliphatic heterocycles. The Bertz CT molecular complexity index is 720. The van der Waals surface area contributed by atoms with Gasteiger partial charge in [0.1, 0.15) is 12.2 Å². The van der Waals surface area contributed by atoms with Gasteiger partial charge < -0.3 is 4.74 Å². The Balaban J connectivity index is 1.39. The monoisotopic (exact) mass is 326 g/mol. The van der Waals surface area contributed by atoms with Crippen molar-refractivity contribution in [1.29, 1.82) is 0 Å². The second-order valence-corrected chi connectivity index (χ2v) is 6.84. The number of carbonyl (C=O) groups excluding carboxylic acids is 1. The van der Waals surface area contributed by atoms with Crippen molar-refractivity contribution < 1.29 is 9.53 Å². The summed E-state index contributed by atoms with van der Waals surface area (Å²) in [5, 5.41) is 4.36. The molecule has 1 saturated heterocycles. The van der Waals surface area contributed by atoms with Gasteiger partial charge in [0.05, 0.1) is 25.3 Å². The molecule has 2 heterocycles. The fourth-order valence-electron chi connectivity index (χ4n) is 3.89. The Kier molecular flexibility index (Phi) is 3.84. The predicted molar refractivity (Wildman–Crippen MR) is 88.4 cm³/mol. The van der Waals surface area contributed by atoms with Crippen molar-refractivity contribution in [2.24, 2.45) is 11.3 Å². The summed E-state index contributed by atoms with van der Waals surface area (Å²) in [5.41, 5.74) is 1.24. The minimum atomic E-state index is -0.0349. The van der Waals surface area contributed by atoms with E-state index in [0.29, 0.717) is 0 Å². The molecule has 1 aromatic carbocycles. The van der Waals surface area contributed by atoms with Crippen LogP contribution in [-0.4, -0.2) is 45.8 Å². The maximum atomic E-state index is 11.7. The summed E-state index contributed by atoms with van der Waals surface area (Å²) in [5.74, 6) is 1.04. The quantitative estimate of drug-likeness (QED) is 0.805. The first-order chi connectivity index (χ1) is 11.7. The number of aromatic nitrogens is 3. The van der Waals surface area contributed by atoms with Crippen LogP contribution >= 0.6 is 0 Å². The van der Waals surface area contributed by atoms with E-state index in [9.17, 15) is 4.79 Å². The van der Waals surface area contributed by atoms with E-state index < -0.39 is 0 Å². The van der Waals surface area contributed by atoms with Crippen LogP contribution in [0.3, 0.4) is 0 Å². The van der Waals surface area contributed by atoms with Crippen LogP contribution in [0.1, 0.15) is 25.1 Å². The third-order valence-electron chi connectivity index (χ3n) is 5.51. The van der Waals surface area contributed by atoms with Gasteiger partial charge in [0.15, 0.2) is 0 Å². The third-order valence-corrected chi connectivity index (χ3v) is 5.51. The van der Waals surface area contributed by atoms with Crippen LogP contribution in [0.5, 0.6) is 0 Å². The minimum Gasteiger partial charge on any atom is -0.469 e. The summed E-state index contributed by atoms with van der Waals surface area (Å²) in [7, 11) is 1.49. The molecule has 1 aliphatic carbocycles. The van der Waals surface area contributed by atoms with E-state index >= 15 is 0 Å². The first kappa shape index (κ1) is 15.3. The zero-order chi connectivity index (χ0) is 16.6. The second kappa shape index (κ2) is 6.02. The molecule has 6 nitrogen and oxygen atoms in total. The van der Waals surface area contributed by atoms with Crippen molar-refractivity contribution >= 4 is 5.97 Å². The molecule has 2 fully saturated rings. The first-order valence-electron chi connectivity index (χ1n) is 8.46. The number of carbonyl (C=O) groups is 1. The number of nitrogens with zero attached hydrogens (tertiary/aromatic N) is 4. The molecule has 2 aliphatic rings. The molecule has 4 rings (SSSR count). The van der Waals surface area contributed by atoms with Crippen molar-refractivity contribution in [2.45, 2.75) is 25.8 Å². The number of benzene rings is 1. The van der Waals surface area contributed by atoms with Crippen molar-refractivity contribution in [2.75, 3.05) is 20.2 Å². The second-order valence-electron chi connectivity index (χ2n) is 6.84. The van der Waals surface area contributed by atoms with Gasteiger partial charge in [0, 0.05) is 0 Å². The zero-order valence-electron chi connectivity index (χ0n) is 13.9. The Morgan fingerprint density at radius 1 is 1.29 bits per heavy atom. The molecule has 1 spiro atoms. The molecule has 6 heteroatoms. The highest BCUT2D eigenvalue weighted by Gasteiger charge is 2.59. The lowest BCUT2D eigenvalue weighted by Crippen LogP contribution is -2.36. The molecule has 0 amide bonds. The average Bonchev–Trinajstić information content (AvgIpc) is 3.13. The lowest BCUT2D eigenvalue weighted by molar-refractivity contribution is -0.143. The molecule has 1 saturated carbocycles. The predicted octanol–water partition coefficient (Wildman–Crippen LogP) is 2.04. The molecule has 0 N–H and O–H groups in total. The van der Waals surface area contributed by atoms with Gasteiger partial charge in [-0.15, -0.1) is 0 Å². The molecule has 24 heavy (non-hydrogen) atoms. The number of likely N-dealkylation sites (tertiary alicyclic amines) is 1. The van der Waals surface area contributed by atoms with Gasteiger partial charge in [0.25, 0.3) is 0 Å². The van der Waals surface area contributed by atoms with Gasteiger partial charge in [-0.1, -0.05) is 18.2 Å². The summed E-state index contributed by atoms with van der Waals surface area (Å²) in [6.07, 6.45) is 4.73. The number of para-hydroxylation sites is 1. The summed E-state index contributed by atoms with van der Waals surface area (Å²) >= 11 is 0. The molecule has 0 bridgehead atoms. The number of ether oxygens (including phenoxy) is 1. The number of esters is 1. The number of hydrogen-bond donors (Lipinski definition) is 0. The van der Waals surface area contributed by atoms with E-state index in [1.807, 2.05) is 35.0 Å². The average molecular weight is 326 g/mol. The number of methoxy groups -OCH3 is 1. The highest BCUT2D eigenvalue weighted by atomic mass is 16.5. The summed E-state index contributed by atoms with van der Waals surface area (Å²) in [6.45, 7) is 2.78. The van der Waals surface area contributed by atoms with E-state index in [1.165, 1.54) is 7.11 Å². The summed E-state index contributed by atoms with van der Waals surface area (Å²) in [6, 6.07) is 10.1. The van der Waals surface area contributed by atoms with E-state index in [4.69, 9.17) is 4.74 Å². The van der Waals surface area contributed by atoms with Gasteiger partial charge >= 0.3 is 5.97 Å². The van der Waals surface area contributed by atoms with Crippen molar-refractivity contribution in [3.05, 3.63) is 42.5 Å². The molecule has 0 unspecified atom stereocenters. The fourth-order valence-corrected chi connectivity index (χ4v) is 3.89. The van der Waals surface area contributed by atoms with Crippen LogP contribution in [-0.2, 0) is 16.1 Å². The standard InChI is InChI=1S/C18H22N4O2/c1-24-17(23)15-11-18(15)7-9-21(10-8-18)12-16-19-13-20-22(16)14-5-3-2-4-6-14/h2-6,13,15H,7-12H2,1H3/t15-/m1/s1. The topological polar surface area (TPSA) is 60.2 Å². The van der Waals surface area contributed by atoms with Crippen LogP contribution in [0.2, 0.25) is 0 Å². The minimum absolute atomic E-state index is 0.0349. The summed E-state index contributed by atoms with van der Waals surface area (Å²) in [4.78, 5) is 18.6. The largest absolute Gasteiger partial charge is 0.469 e. The number of hydrogen-bond acceptors (Lipinski definition) is 5. The normalized spacial score (nSPS) is 22.5. The zero-order valence-corrected chi connectivity index (χ0v) is 13.9. The van der Waals surface area contributed by atoms with E-state index in [2.05, 4.69) is 15.0 Å². The maximum Gasteiger partial charge on any atom is 0.309 e. The van der Waals surface area contributed by atoms with Crippen LogP contribution in [0.25, 0.3) is 5.69 Å². The summed E-state index contributed by atoms with van der Waals surface area (Å²) < 4.78 is 6.81. The Labute approximate surface area is 141 Å². The van der Waals surface area contributed by atoms with Crippen molar-refractivity contribution in [3.63, 3.8) is 0 Å². The maximum absolute atomic E-state index is 11.7. The van der Waals surface area contributed by atoms with Crippen LogP contribution in [0, 0.1) is 11.3 Å². The highest BCUT2D eigenvalue weighted by molar-refractivity contribution is 5.76. The molecule has 2 aromatic rings. The van der Waals surface area contributed by atoms with E-state index in [-0.39, 0.29) is 17.3 Å². The van der Waals surface area contributed by atoms with Crippen LogP contribution < -0.4 is 0 Å². The Morgan fingerprint density at radius 3 is 2.75 bits per heavy atom. The molecule has 1 atom stereocenters. The van der Waals surface area contributed by atoms with Gasteiger partial charge in [-0.25, -0.2) is 9.67 Å². The first-order valence-corrected chi connectivity index (χ1v) is 8.46. The Morgan fingerprint density at radius 2 is 2.04 bits per heavy atom.